The fourth-order valence-electron chi connectivity index (χ4n) is 2.16. The molecule has 0 amide bonds. The van der Waals surface area contributed by atoms with Crippen LogP contribution in [0.25, 0.3) is 11.5 Å². The van der Waals surface area contributed by atoms with Crippen LogP contribution in [0.2, 0.25) is 0 Å². The third kappa shape index (κ3) is 2.77. The molecule has 5 nitrogen and oxygen atoms in total. The normalized spacial score (nSPS) is 10.2. The van der Waals surface area contributed by atoms with Gasteiger partial charge in [-0.2, -0.15) is 10.2 Å². The molecule has 0 saturated carbocycles. The van der Waals surface area contributed by atoms with Crippen molar-refractivity contribution >= 4 is 11.6 Å². The molecule has 1 aromatic heterocycles. The summed E-state index contributed by atoms with van der Waals surface area (Å²) in [4.78, 5) is 3.86. The molecule has 0 spiro atoms. The zero-order valence-corrected chi connectivity index (χ0v) is 12.5. The van der Waals surface area contributed by atoms with Crippen molar-refractivity contribution in [3.8, 4) is 23.3 Å². The second-order valence-corrected chi connectivity index (χ2v) is 4.73. The van der Waals surface area contributed by atoms with E-state index < -0.39 is 17.2 Å². The molecule has 0 aliphatic rings. The standard InChI is InChI=1S/C17H11F2N3O2/c1-23-14-8-3-2-7-12(14)21-16-13(9-20)22-17(24-16)15-10(18)5-4-6-11(15)19/h2-8,21H,1H3. The first-order valence-corrected chi connectivity index (χ1v) is 6.89. The summed E-state index contributed by atoms with van der Waals surface area (Å²) < 4.78 is 38.3. The molecule has 0 bridgehead atoms. The number of hydrogen-bond acceptors (Lipinski definition) is 5. The topological polar surface area (TPSA) is 71.1 Å². The van der Waals surface area contributed by atoms with E-state index >= 15 is 0 Å². The van der Waals surface area contributed by atoms with Gasteiger partial charge in [-0.3, -0.25) is 0 Å². The Morgan fingerprint density at radius 1 is 1.12 bits per heavy atom. The van der Waals surface area contributed by atoms with Crippen molar-refractivity contribution in [1.82, 2.24) is 4.98 Å². The highest BCUT2D eigenvalue weighted by atomic mass is 19.1. The summed E-state index contributed by atoms with van der Waals surface area (Å²) in [5.74, 6) is -1.50. The molecule has 0 aliphatic heterocycles. The van der Waals surface area contributed by atoms with Crippen LogP contribution >= 0.6 is 0 Å². The number of benzene rings is 2. The van der Waals surface area contributed by atoms with E-state index in [0.717, 1.165) is 12.1 Å². The Balaban J connectivity index is 2.05. The summed E-state index contributed by atoms with van der Waals surface area (Å²) in [5.41, 5.74) is -0.0335. The summed E-state index contributed by atoms with van der Waals surface area (Å²) in [7, 11) is 1.49. The number of hydrogen-bond donors (Lipinski definition) is 1. The van der Waals surface area contributed by atoms with Crippen LogP contribution in [0.4, 0.5) is 20.4 Å². The maximum atomic E-state index is 13.9. The maximum absolute atomic E-state index is 13.9. The van der Waals surface area contributed by atoms with E-state index in [1.165, 1.54) is 13.2 Å². The number of nitrogens with one attached hydrogen (secondary N) is 1. The molecule has 1 N–H and O–H groups in total. The molecule has 1 heterocycles. The number of anilines is 2. The molecule has 3 rings (SSSR count). The molecule has 7 heteroatoms. The Kier molecular flexibility index (Phi) is 4.12. The Bertz CT molecular complexity index is 912. The molecule has 0 atom stereocenters. The van der Waals surface area contributed by atoms with Crippen LogP contribution in [0.5, 0.6) is 5.75 Å². The van der Waals surface area contributed by atoms with Gasteiger partial charge in [0.25, 0.3) is 0 Å². The van der Waals surface area contributed by atoms with Crippen LogP contribution in [-0.2, 0) is 0 Å². The first-order chi connectivity index (χ1) is 11.6. The molecule has 0 aliphatic carbocycles. The van der Waals surface area contributed by atoms with E-state index in [1.54, 1.807) is 24.3 Å². The molecule has 3 aromatic rings. The van der Waals surface area contributed by atoms with Gasteiger partial charge in [0, 0.05) is 0 Å². The molecule has 0 fully saturated rings. The van der Waals surface area contributed by atoms with Crippen LogP contribution in [-0.4, -0.2) is 12.1 Å². The summed E-state index contributed by atoms with van der Waals surface area (Å²) >= 11 is 0. The summed E-state index contributed by atoms with van der Waals surface area (Å²) in [6, 6.07) is 12.2. The average molecular weight is 327 g/mol. The van der Waals surface area contributed by atoms with Gasteiger partial charge in [-0.25, -0.2) is 8.78 Å². The number of para-hydroxylation sites is 2. The molecule has 2 aromatic carbocycles. The summed E-state index contributed by atoms with van der Waals surface area (Å²) in [6.45, 7) is 0. The van der Waals surface area contributed by atoms with E-state index in [-0.39, 0.29) is 17.5 Å². The largest absolute Gasteiger partial charge is 0.495 e. The number of nitriles is 1. The van der Waals surface area contributed by atoms with Crippen molar-refractivity contribution in [2.75, 3.05) is 12.4 Å². The summed E-state index contributed by atoms with van der Waals surface area (Å²) in [6.07, 6.45) is 0. The maximum Gasteiger partial charge on any atom is 0.237 e. The van der Waals surface area contributed by atoms with E-state index in [0.29, 0.717) is 11.4 Å². The number of nitrogens with zero attached hydrogens (tertiary/aromatic N) is 2. The highest BCUT2D eigenvalue weighted by Gasteiger charge is 2.21. The van der Waals surface area contributed by atoms with Gasteiger partial charge in [-0.1, -0.05) is 18.2 Å². The Morgan fingerprint density at radius 2 is 1.83 bits per heavy atom. The van der Waals surface area contributed by atoms with Crippen molar-refractivity contribution in [2.45, 2.75) is 0 Å². The van der Waals surface area contributed by atoms with Crippen molar-refractivity contribution in [1.29, 1.82) is 5.26 Å². The first kappa shape index (κ1) is 15.5. The van der Waals surface area contributed by atoms with E-state index in [1.807, 2.05) is 6.07 Å². The van der Waals surface area contributed by atoms with Crippen molar-refractivity contribution < 1.29 is 17.9 Å². The van der Waals surface area contributed by atoms with Crippen LogP contribution in [0.1, 0.15) is 5.69 Å². The highest BCUT2D eigenvalue weighted by molar-refractivity contribution is 5.68. The molecule has 120 valence electrons. The van der Waals surface area contributed by atoms with Crippen LogP contribution in [0.15, 0.2) is 46.9 Å². The second-order valence-electron chi connectivity index (χ2n) is 4.73. The molecular formula is C17H11F2N3O2. The number of methoxy groups -OCH3 is 1. The smallest absolute Gasteiger partial charge is 0.237 e. The quantitative estimate of drug-likeness (QED) is 0.776. The van der Waals surface area contributed by atoms with Crippen molar-refractivity contribution in [3.05, 3.63) is 59.8 Å². The molecule has 0 radical (unpaired) electrons. The predicted molar refractivity (Wildman–Crippen MR) is 82.8 cm³/mol. The van der Waals surface area contributed by atoms with Gasteiger partial charge in [-0.15, -0.1) is 0 Å². The minimum atomic E-state index is -0.829. The molecular weight excluding hydrogens is 316 g/mol. The van der Waals surface area contributed by atoms with E-state index in [9.17, 15) is 14.0 Å². The lowest BCUT2D eigenvalue weighted by Crippen LogP contribution is -1.94. The van der Waals surface area contributed by atoms with E-state index in [4.69, 9.17) is 9.15 Å². The third-order valence-corrected chi connectivity index (χ3v) is 3.26. The lowest BCUT2D eigenvalue weighted by atomic mass is 10.2. The van der Waals surface area contributed by atoms with Crippen LogP contribution in [0.3, 0.4) is 0 Å². The highest BCUT2D eigenvalue weighted by Crippen LogP contribution is 2.33. The zero-order valence-electron chi connectivity index (χ0n) is 12.5. The second kappa shape index (κ2) is 6.38. The van der Waals surface area contributed by atoms with Gasteiger partial charge in [0.05, 0.1) is 12.8 Å². The zero-order chi connectivity index (χ0) is 17.1. The molecule has 0 saturated heterocycles. The van der Waals surface area contributed by atoms with Crippen molar-refractivity contribution in [2.24, 2.45) is 0 Å². The fourth-order valence-corrected chi connectivity index (χ4v) is 2.16. The number of rotatable bonds is 4. The van der Waals surface area contributed by atoms with Gasteiger partial charge in [0.1, 0.15) is 29.0 Å². The third-order valence-electron chi connectivity index (χ3n) is 3.26. The predicted octanol–water partition coefficient (Wildman–Crippen LogP) is 4.24. The van der Waals surface area contributed by atoms with E-state index in [2.05, 4.69) is 10.3 Å². The Labute approximate surface area is 136 Å². The average Bonchev–Trinajstić information content (AvgIpc) is 2.97. The van der Waals surface area contributed by atoms with Crippen LogP contribution in [0, 0.1) is 23.0 Å². The monoisotopic (exact) mass is 327 g/mol. The van der Waals surface area contributed by atoms with Gasteiger partial charge < -0.3 is 14.5 Å². The minimum absolute atomic E-state index is 0.0281. The van der Waals surface area contributed by atoms with Gasteiger partial charge in [-0.05, 0) is 24.3 Å². The Hall–Kier alpha value is -3.40. The Morgan fingerprint density at radius 3 is 2.50 bits per heavy atom. The minimum Gasteiger partial charge on any atom is -0.495 e. The summed E-state index contributed by atoms with van der Waals surface area (Å²) in [5, 5.41) is 12.0. The fraction of sp³-hybridized carbons (Fsp3) is 0.0588. The van der Waals surface area contributed by atoms with Gasteiger partial charge in [0.2, 0.25) is 17.5 Å². The van der Waals surface area contributed by atoms with Gasteiger partial charge in [0.15, 0.2) is 0 Å². The van der Waals surface area contributed by atoms with Gasteiger partial charge >= 0.3 is 0 Å². The van der Waals surface area contributed by atoms with Crippen molar-refractivity contribution in [3.63, 3.8) is 0 Å². The first-order valence-electron chi connectivity index (χ1n) is 6.89. The molecule has 0 unspecified atom stereocenters. The number of oxazole rings is 1. The SMILES string of the molecule is COc1ccccc1Nc1oc(-c2c(F)cccc2F)nc1C#N. The molecule has 24 heavy (non-hydrogen) atoms. The number of aromatic nitrogens is 1. The number of ether oxygens (including phenoxy) is 1. The van der Waals surface area contributed by atoms with Crippen LogP contribution < -0.4 is 10.1 Å². The number of halogens is 2. The lowest BCUT2D eigenvalue weighted by molar-refractivity contribution is 0.416. The lowest BCUT2D eigenvalue weighted by Gasteiger charge is -2.08.